The van der Waals surface area contributed by atoms with E-state index in [1.54, 1.807) is 11.1 Å². The number of hydrogen-bond acceptors (Lipinski definition) is 7. The number of benzene rings is 1. The summed E-state index contributed by atoms with van der Waals surface area (Å²) in [6.45, 7) is 13.5. The molecular weight excluding hydrogens is 673 g/mol. The van der Waals surface area contributed by atoms with Crippen LogP contribution in [0.15, 0.2) is 40.8 Å². The Labute approximate surface area is 285 Å². The molecule has 5 rings (SSSR count). The maximum atomic E-state index is 14.9. The van der Waals surface area contributed by atoms with Crippen LogP contribution in [-0.2, 0) is 4.79 Å². The zero-order valence-corrected chi connectivity index (χ0v) is 28.4. The molecule has 4 atom stereocenters. The van der Waals surface area contributed by atoms with Gasteiger partial charge in [-0.3, -0.25) is 19.1 Å². The molecule has 1 amide bonds. The van der Waals surface area contributed by atoms with Gasteiger partial charge in [0.15, 0.2) is 17.4 Å². The average molecular weight is 704 g/mol. The Balaban J connectivity index is 1.91. The summed E-state index contributed by atoms with van der Waals surface area (Å²) in [4.78, 5) is 40.0. The van der Waals surface area contributed by atoms with Crippen LogP contribution in [0.25, 0.3) is 22.3 Å². The van der Waals surface area contributed by atoms with Crippen LogP contribution in [0.5, 0.6) is 5.75 Å². The molecule has 1 aromatic carbocycles. The number of piperazine rings is 1. The average Bonchev–Trinajstić information content (AvgIpc) is 3.02. The number of carbonyl (C=O) groups excluding carboxylic acids is 1. The highest BCUT2D eigenvalue weighted by Crippen LogP contribution is 2.46. The van der Waals surface area contributed by atoms with Crippen molar-refractivity contribution in [3.05, 3.63) is 73.6 Å². The Morgan fingerprint density at radius 2 is 1.79 bits per heavy atom. The summed E-state index contributed by atoms with van der Waals surface area (Å²) >= 11 is 18.7. The third-order valence-electron chi connectivity index (χ3n) is 8.65. The fourth-order valence-electron chi connectivity index (χ4n) is 6.61. The Hall–Kier alpha value is -3.98. The van der Waals surface area contributed by atoms with Crippen molar-refractivity contribution in [2.75, 3.05) is 18.0 Å². The first-order valence-electron chi connectivity index (χ1n) is 14.8. The van der Waals surface area contributed by atoms with Crippen LogP contribution in [0, 0.1) is 34.8 Å². The van der Waals surface area contributed by atoms with Gasteiger partial charge in [-0.05, 0) is 31.9 Å². The SMILES string of the molecule is C=CC(=O)N1[C@H](C)CN(c2c(C#N)c(=O)n([C@H]3C(C(C)C)=NC=C[C@H]3C)c3nc(-c4c(O)c(F)c(Cl)c(F)c4Cl)c(Cl)cc23)C[C@@H]1C. The van der Waals surface area contributed by atoms with Crippen LogP contribution >= 0.6 is 34.8 Å². The largest absolute Gasteiger partial charge is 0.504 e. The Morgan fingerprint density at radius 3 is 2.36 bits per heavy atom. The number of nitrogens with zero attached hydrogens (tertiary/aromatic N) is 6. The van der Waals surface area contributed by atoms with Gasteiger partial charge in [0.25, 0.3) is 5.56 Å². The third kappa shape index (κ3) is 5.56. The standard InChI is InChI=1S/C33H31Cl3F2N6O3/c1-7-21(45)43-16(5)12-42(13-17(43)6)30-18-10-20(34)28(22-23(35)25(37)24(36)26(38)31(22)46)41-32(18)44(33(47)19(30)11-39)29-15(4)8-9-40-27(29)14(2)3/h7-10,14-17,29,46H,1,12-13H2,2-6H3/t15-,16-,17+,29-/m1/s1. The lowest BCUT2D eigenvalue weighted by Crippen LogP contribution is -2.58. The number of hydrogen-bond donors (Lipinski definition) is 1. The van der Waals surface area contributed by atoms with Gasteiger partial charge in [0.1, 0.15) is 22.3 Å². The molecule has 0 spiro atoms. The van der Waals surface area contributed by atoms with Crippen LogP contribution in [-0.4, -0.2) is 56.3 Å². The van der Waals surface area contributed by atoms with E-state index in [-0.39, 0.29) is 75.9 Å². The van der Waals surface area contributed by atoms with Gasteiger partial charge in [0.05, 0.1) is 33.0 Å². The number of anilines is 1. The molecule has 246 valence electrons. The molecule has 4 heterocycles. The normalized spacial score (nSPS) is 21.3. The predicted octanol–water partition coefficient (Wildman–Crippen LogP) is 7.29. The van der Waals surface area contributed by atoms with Gasteiger partial charge in [-0.1, -0.05) is 68.2 Å². The fourth-order valence-corrected chi connectivity index (χ4v) is 7.36. The first-order valence-corrected chi connectivity index (χ1v) is 16.0. The van der Waals surface area contributed by atoms with Gasteiger partial charge in [0.2, 0.25) is 5.91 Å². The summed E-state index contributed by atoms with van der Waals surface area (Å²) in [5, 5.41) is 19.6. The number of halogens is 5. The number of aromatic hydroxyl groups is 1. The Morgan fingerprint density at radius 1 is 1.15 bits per heavy atom. The number of aliphatic imine (C=N–C) groups is 1. The molecule has 47 heavy (non-hydrogen) atoms. The maximum absolute atomic E-state index is 14.9. The van der Waals surface area contributed by atoms with E-state index in [9.17, 15) is 28.7 Å². The van der Waals surface area contributed by atoms with Crippen LogP contribution in [0.2, 0.25) is 15.1 Å². The minimum atomic E-state index is -1.46. The highest BCUT2D eigenvalue weighted by Gasteiger charge is 2.38. The lowest BCUT2D eigenvalue weighted by molar-refractivity contribution is -0.130. The van der Waals surface area contributed by atoms with Gasteiger partial charge in [0, 0.05) is 48.4 Å². The van der Waals surface area contributed by atoms with Crippen LogP contribution < -0.4 is 10.5 Å². The van der Waals surface area contributed by atoms with Crippen molar-refractivity contribution in [1.82, 2.24) is 14.5 Å². The van der Waals surface area contributed by atoms with Crippen molar-refractivity contribution in [2.45, 2.75) is 52.7 Å². The van der Waals surface area contributed by atoms with Crippen molar-refractivity contribution in [3.63, 3.8) is 0 Å². The molecule has 2 aliphatic heterocycles. The van der Waals surface area contributed by atoms with E-state index in [0.29, 0.717) is 5.71 Å². The summed E-state index contributed by atoms with van der Waals surface area (Å²) < 4.78 is 31.2. The molecular formula is C33H31Cl3F2N6O3. The first kappa shape index (κ1) is 34.4. The molecule has 0 unspecified atom stereocenters. The first-order chi connectivity index (χ1) is 22.2. The zero-order chi connectivity index (χ0) is 34.6. The lowest BCUT2D eigenvalue weighted by Gasteiger charge is -2.45. The summed E-state index contributed by atoms with van der Waals surface area (Å²) in [7, 11) is 0. The highest BCUT2D eigenvalue weighted by atomic mass is 35.5. The number of aromatic nitrogens is 2. The van der Waals surface area contributed by atoms with Gasteiger partial charge in [-0.25, -0.2) is 13.8 Å². The molecule has 2 aromatic heterocycles. The molecule has 14 heteroatoms. The zero-order valence-electron chi connectivity index (χ0n) is 26.2. The Bertz CT molecular complexity index is 1960. The summed E-state index contributed by atoms with van der Waals surface area (Å²) in [5.74, 6) is -4.54. The van der Waals surface area contributed by atoms with Crippen LogP contribution in [0.1, 0.15) is 46.2 Å². The Kier molecular flexibility index (Phi) is 9.43. The summed E-state index contributed by atoms with van der Waals surface area (Å²) in [6, 6.07) is 2.14. The van der Waals surface area contributed by atoms with E-state index < -0.39 is 44.6 Å². The van der Waals surface area contributed by atoms with E-state index in [1.807, 2.05) is 45.6 Å². The second-order valence-electron chi connectivity index (χ2n) is 12.1. The second-order valence-corrected chi connectivity index (χ2v) is 13.2. The number of pyridine rings is 2. The highest BCUT2D eigenvalue weighted by molar-refractivity contribution is 6.39. The van der Waals surface area contributed by atoms with E-state index in [2.05, 4.69) is 22.6 Å². The monoisotopic (exact) mass is 702 g/mol. The molecule has 1 saturated heterocycles. The molecule has 2 aliphatic rings. The quantitative estimate of drug-likeness (QED) is 0.170. The van der Waals surface area contributed by atoms with Gasteiger partial charge in [-0.2, -0.15) is 5.26 Å². The van der Waals surface area contributed by atoms with E-state index in [4.69, 9.17) is 34.8 Å². The third-order valence-corrected chi connectivity index (χ3v) is 9.62. The molecule has 1 N–H and O–H groups in total. The van der Waals surface area contributed by atoms with Crippen molar-refractivity contribution >= 4 is 63.1 Å². The topological polar surface area (TPSA) is 115 Å². The molecule has 0 aliphatic carbocycles. The smallest absolute Gasteiger partial charge is 0.272 e. The maximum Gasteiger partial charge on any atom is 0.272 e. The number of rotatable bonds is 5. The second kappa shape index (κ2) is 12.9. The van der Waals surface area contributed by atoms with E-state index in [0.717, 1.165) is 0 Å². The lowest BCUT2D eigenvalue weighted by atomic mass is 9.88. The fraction of sp³-hybridized carbons (Fsp3) is 0.364. The minimum absolute atomic E-state index is 0.0139. The number of amides is 1. The number of phenols is 1. The molecule has 0 radical (unpaired) electrons. The van der Waals surface area contributed by atoms with E-state index >= 15 is 0 Å². The minimum Gasteiger partial charge on any atom is -0.504 e. The van der Waals surface area contributed by atoms with Gasteiger partial charge < -0.3 is 14.9 Å². The van der Waals surface area contributed by atoms with E-state index in [1.165, 1.54) is 16.7 Å². The van der Waals surface area contributed by atoms with Crippen molar-refractivity contribution in [3.8, 4) is 23.1 Å². The van der Waals surface area contributed by atoms with Crippen molar-refractivity contribution < 1.29 is 18.7 Å². The number of allylic oxidation sites excluding steroid dienone is 1. The van der Waals surface area contributed by atoms with Gasteiger partial charge >= 0.3 is 0 Å². The molecule has 0 bridgehead atoms. The molecule has 0 saturated carbocycles. The number of nitriles is 1. The molecule has 3 aromatic rings. The number of phenolic OH excluding ortho intramolecular Hbond substituents is 1. The van der Waals surface area contributed by atoms with Gasteiger partial charge in [-0.15, -0.1) is 0 Å². The van der Waals surface area contributed by atoms with Crippen LogP contribution in [0.4, 0.5) is 14.5 Å². The molecule has 9 nitrogen and oxygen atoms in total. The number of fused-ring (bicyclic) bond motifs is 1. The summed E-state index contributed by atoms with van der Waals surface area (Å²) in [5.41, 5.74) is -0.840. The summed E-state index contributed by atoms with van der Waals surface area (Å²) in [6.07, 6.45) is 4.71. The van der Waals surface area contributed by atoms with Crippen molar-refractivity contribution in [1.29, 1.82) is 5.26 Å². The van der Waals surface area contributed by atoms with Crippen LogP contribution in [0.3, 0.4) is 0 Å². The molecule has 1 fully saturated rings. The van der Waals surface area contributed by atoms with Crippen molar-refractivity contribution in [2.24, 2.45) is 16.8 Å². The predicted molar refractivity (Wildman–Crippen MR) is 181 cm³/mol. The number of carbonyl (C=O) groups is 1.